The first-order chi connectivity index (χ1) is 12.2. The van der Waals surface area contributed by atoms with Crippen LogP contribution >= 0.6 is 0 Å². The first-order valence-electron chi connectivity index (χ1n) is 7.26. The highest BCUT2D eigenvalue weighted by molar-refractivity contribution is 7.90. The van der Waals surface area contributed by atoms with Crippen molar-refractivity contribution in [2.45, 2.75) is 18.0 Å². The second-order valence-electron chi connectivity index (χ2n) is 5.72. The lowest BCUT2D eigenvalue weighted by Crippen LogP contribution is -2.31. The van der Waals surface area contributed by atoms with Crippen LogP contribution in [0.3, 0.4) is 0 Å². The molecule has 0 spiro atoms. The molecule has 0 bridgehead atoms. The van der Waals surface area contributed by atoms with Crippen LogP contribution in [0.15, 0.2) is 28.0 Å². The molecule has 0 saturated heterocycles. The van der Waals surface area contributed by atoms with Gasteiger partial charge in [-0.1, -0.05) is 0 Å². The van der Waals surface area contributed by atoms with Crippen LogP contribution in [-0.2, 0) is 21.7 Å². The molecule has 0 fully saturated rings. The van der Waals surface area contributed by atoms with E-state index in [1.54, 1.807) is 0 Å². The number of hydrogen-bond acceptors (Lipinski definition) is 5. The Balaban J connectivity index is 2.68. The largest absolute Gasteiger partial charge is 0.471 e. The highest BCUT2D eigenvalue weighted by Gasteiger charge is 2.40. The third-order valence-corrected chi connectivity index (χ3v) is 4.89. The fraction of sp³-hybridized carbons (Fsp3) is 0.267. The molecule has 27 heavy (non-hydrogen) atoms. The van der Waals surface area contributed by atoms with Crippen molar-refractivity contribution in [1.82, 2.24) is 9.78 Å². The minimum atomic E-state index is -5.27. The number of ketones is 1. The van der Waals surface area contributed by atoms with Gasteiger partial charge in [0.15, 0.2) is 9.84 Å². The standard InChI is InChI=1S/C15H14F3N3O5S/c1-7-8(12(22)9-6-19-21(2)13(9)23)4-5-10(27(3,25)26)11(7)20-14(24)15(16,17)18/h4-6,19H,1-3H3,(H,20,24). The molecule has 0 aliphatic carbocycles. The van der Waals surface area contributed by atoms with E-state index < -0.39 is 43.8 Å². The number of alkyl halides is 3. The Labute approximate surface area is 150 Å². The van der Waals surface area contributed by atoms with E-state index in [4.69, 9.17) is 0 Å². The van der Waals surface area contributed by atoms with Gasteiger partial charge in [-0.25, -0.2) is 8.42 Å². The number of hydrogen-bond donors (Lipinski definition) is 2. The van der Waals surface area contributed by atoms with Gasteiger partial charge in [-0.05, 0) is 24.6 Å². The van der Waals surface area contributed by atoms with Crippen LogP contribution in [0, 0.1) is 6.92 Å². The summed E-state index contributed by atoms with van der Waals surface area (Å²) in [6, 6.07) is 1.97. The smallest absolute Gasteiger partial charge is 0.317 e. The van der Waals surface area contributed by atoms with Crippen LogP contribution in [0.5, 0.6) is 0 Å². The molecule has 1 aromatic heterocycles. The summed E-state index contributed by atoms with van der Waals surface area (Å²) in [5.74, 6) is -3.23. The lowest BCUT2D eigenvalue weighted by Gasteiger charge is -2.16. The van der Waals surface area contributed by atoms with Gasteiger partial charge in [-0.3, -0.25) is 19.1 Å². The lowest BCUT2D eigenvalue weighted by molar-refractivity contribution is -0.167. The summed E-state index contributed by atoms with van der Waals surface area (Å²) in [6.07, 6.45) is -3.41. The van der Waals surface area contributed by atoms with Crippen molar-refractivity contribution in [2.75, 3.05) is 11.6 Å². The third-order valence-electron chi connectivity index (χ3n) is 3.75. The molecule has 0 aliphatic rings. The van der Waals surface area contributed by atoms with Crippen molar-refractivity contribution in [3.8, 4) is 0 Å². The van der Waals surface area contributed by atoms with Gasteiger partial charge in [0.2, 0.25) is 5.78 Å². The zero-order valence-corrected chi connectivity index (χ0v) is 15.1. The van der Waals surface area contributed by atoms with Gasteiger partial charge in [-0.15, -0.1) is 0 Å². The van der Waals surface area contributed by atoms with Crippen LogP contribution in [-0.4, -0.2) is 42.3 Å². The van der Waals surface area contributed by atoms with Gasteiger partial charge in [0.25, 0.3) is 5.56 Å². The van der Waals surface area contributed by atoms with E-state index in [1.807, 2.05) is 0 Å². The number of aromatic nitrogens is 2. The number of aryl methyl sites for hydroxylation is 1. The Hall–Kier alpha value is -2.89. The van der Waals surface area contributed by atoms with Crippen LogP contribution in [0.4, 0.5) is 18.9 Å². The van der Waals surface area contributed by atoms with Crippen LogP contribution < -0.4 is 10.9 Å². The quantitative estimate of drug-likeness (QED) is 0.740. The number of amides is 1. The van der Waals surface area contributed by atoms with Crippen LogP contribution in [0.1, 0.15) is 21.5 Å². The normalized spacial score (nSPS) is 12.1. The summed E-state index contributed by atoms with van der Waals surface area (Å²) in [5, 5.41) is 3.98. The highest BCUT2D eigenvalue weighted by Crippen LogP contribution is 2.30. The van der Waals surface area contributed by atoms with E-state index in [9.17, 15) is 36.0 Å². The van der Waals surface area contributed by atoms with Crippen molar-refractivity contribution in [3.63, 3.8) is 0 Å². The number of nitrogens with zero attached hydrogens (tertiary/aromatic N) is 1. The number of carbonyl (C=O) groups is 2. The number of aromatic amines is 1. The molecule has 1 aromatic carbocycles. The first kappa shape index (κ1) is 20.4. The maximum atomic E-state index is 12.6. The summed E-state index contributed by atoms with van der Waals surface area (Å²) >= 11 is 0. The monoisotopic (exact) mass is 405 g/mol. The minimum absolute atomic E-state index is 0.219. The zero-order valence-electron chi connectivity index (χ0n) is 14.3. The summed E-state index contributed by atoms with van der Waals surface area (Å²) in [6.45, 7) is 1.17. The molecule has 0 unspecified atom stereocenters. The molecule has 8 nitrogen and oxygen atoms in total. The minimum Gasteiger partial charge on any atom is -0.317 e. The SMILES string of the molecule is Cc1c(C(=O)c2c[nH]n(C)c2=O)ccc(S(C)(=O)=O)c1NC(=O)C(F)(F)F. The molecule has 2 N–H and O–H groups in total. The fourth-order valence-corrected chi connectivity index (χ4v) is 3.24. The Morgan fingerprint density at radius 3 is 2.22 bits per heavy atom. The van der Waals surface area contributed by atoms with Crippen molar-refractivity contribution in [3.05, 3.63) is 45.4 Å². The number of nitrogens with one attached hydrogen (secondary N) is 2. The lowest BCUT2D eigenvalue weighted by atomic mass is 9.99. The van der Waals surface area contributed by atoms with Gasteiger partial charge in [0.05, 0.1) is 10.6 Å². The Morgan fingerprint density at radius 2 is 1.78 bits per heavy atom. The number of H-pyrrole nitrogens is 1. The zero-order chi connectivity index (χ0) is 20.7. The summed E-state index contributed by atoms with van der Waals surface area (Å²) < 4.78 is 62.5. The summed E-state index contributed by atoms with van der Waals surface area (Å²) in [7, 11) is -2.67. The molecular formula is C15H14F3N3O5S. The molecule has 12 heteroatoms. The molecule has 146 valence electrons. The van der Waals surface area contributed by atoms with Gasteiger partial charge >= 0.3 is 12.1 Å². The van der Waals surface area contributed by atoms with E-state index in [0.29, 0.717) is 0 Å². The molecular weight excluding hydrogens is 391 g/mol. The van der Waals surface area contributed by atoms with Crippen molar-refractivity contribution < 1.29 is 31.2 Å². The molecule has 1 heterocycles. The maximum Gasteiger partial charge on any atom is 0.471 e. The second kappa shape index (κ2) is 6.68. The number of sulfone groups is 1. The number of rotatable bonds is 4. The average Bonchev–Trinajstić information content (AvgIpc) is 2.86. The third kappa shape index (κ3) is 3.94. The number of benzene rings is 1. The predicted molar refractivity (Wildman–Crippen MR) is 88.4 cm³/mol. The number of halogens is 3. The highest BCUT2D eigenvalue weighted by atomic mass is 32.2. The fourth-order valence-electron chi connectivity index (χ4n) is 2.35. The van der Waals surface area contributed by atoms with E-state index in [2.05, 4.69) is 5.10 Å². The Morgan fingerprint density at radius 1 is 1.19 bits per heavy atom. The van der Waals surface area contributed by atoms with E-state index in [0.717, 1.165) is 29.3 Å². The molecule has 0 atom stereocenters. The molecule has 2 rings (SSSR count). The molecule has 1 amide bonds. The summed E-state index contributed by atoms with van der Waals surface area (Å²) in [5.41, 5.74) is -2.08. The molecule has 2 aromatic rings. The number of carbonyl (C=O) groups excluding carboxylic acids is 2. The Bertz CT molecular complexity index is 1100. The van der Waals surface area contributed by atoms with Crippen molar-refractivity contribution in [1.29, 1.82) is 0 Å². The van der Waals surface area contributed by atoms with E-state index >= 15 is 0 Å². The van der Waals surface area contributed by atoms with Gasteiger partial charge in [0.1, 0.15) is 5.56 Å². The van der Waals surface area contributed by atoms with Crippen LogP contribution in [0.25, 0.3) is 0 Å². The molecule has 0 saturated carbocycles. The van der Waals surface area contributed by atoms with Gasteiger partial charge < -0.3 is 10.4 Å². The van der Waals surface area contributed by atoms with Crippen molar-refractivity contribution in [2.24, 2.45) is 7.05 Å². The molecule has 0 radical (unpaired) electrons. The average molecular weight is 405 g/mol. The van der Waals surface area contributed by atoms with E-state index in [1.165, 1.54) is 19.3 Å². The first-order valence-corrected chi connectivity index (χ1v) is 9.15. The van der Waals surface area contributed by atoms with Crippen molar-refractivity contribution >= 4 is 27.2 Å². The van der Waals surface area contributed by atoms with E-state index in [-0.39, 0.29) is 16.7 Å². The maximum absolute atomic E-state index is 12.6. The van der Waals surface area contributed by atoms with Crippen LogP contribution in [0.2, 0.25) is 0 Å². The summed E-state index contributed by atoms with van der Waals surface area (Å²) in [4.78, 5) is 35.2. The molecule has 0 aliphatic heterocycles. The Kier molecular flexibility index (Phi) is 5.06. The topological polar surface area (TPSA) is 118 Å². The predicted octanol–water partition coefficient (Wildman–Crippen LogP) is 1.16. The second-order valence-corrected chi connectivity index (χ2v) is 7.70. The van der Waals surface area contributed by atoms with Gasteiger partial charge in [-0.2, -0.15) is 13.2 Å². The van der Waals surface area contributed by atoms with Gasteiger partial charge in [0, 0.05) is 25.1 Å². The number of anilines is 1.